The van der Waals surface area contributed by atoms with Crippen molar-refractivity contribution in [1.82, 2.24) is 0 Å². The highest BCUT2D eigenvalue weighted by Crippen LogP contribution is 2.36. The summed E-state index contributed by atoms with van der Waals surface area (Å²) in [5, 5.41) is 9.35. The molecule has 0 saturated carbocycles. The predicted molar refractivity (Wildman–Crippen MR) is 77.0 cm³/mol. The number of allylic oxidation sites excluding steroid dienone is 3. The summed E-state index contributed by atoms with van der Waals surface area (Å²) in [6.07, 6.45) is 4.39. The summed E-state index contributed by atoms with van der Waals surface area (Å²) in [6, 6.07) is 6.73. The lowest BCUT2D eigenvalue weighted by Crippen LogP contribution is -2.29. The van der Waals surface area contributed by atoms with E-state index < -0.39 is 0 Å². The molecule has 102 valence electrons. The van der Waals surface area contributed by atoms with Crippen molar-refractivity contribution in [3.63, 3.8) is 0 Å². The van der Waals surface area contributed by atoms with Gasteiger partial charge in [-0.1, -0.05) is 17.7 Å². The van der Waals surface area contributed by atoms with Gasteiger partial charge >= 0.3 is 0 Å². The topological polar surface area (TPSA) is 46.5 Å². The van der Waals surface area contributed by atoms with Crippen molar-refractivity contribution in [2.75, 3.05) is 0 Å². The van der Waals surface area contributed by atoms with Gasteiger partial charge in [0.1, 0.15) is 17.6 Å². The quantitative estimate of drug-likeness (QED) is 0.849. The molecule has 0 saturated heterocycles. The smallest absolute Gasteiger partial charge is 0.192 e. The minimum absolute atomic E-state index is 0.0491. The van der Waals surface area contributed by atoms with Crippen LogP contribution >= 0.6 is 0 Å². The van der Waals surface area contributed by atoms with Crippen molar-refractivity contribution in [3.05, 3.63) is 58.7 Å². The molecular formula is C17H16O3. The number of Topliss-reactive ketones (excluding diaryl/α,β-unsaturated/α-hetero) is 1. The zero-order valence-electron chi connectivity index (χ0n) is 11.5. The molecule has 1 aliphatic carbocycles. The van der Waals surface area contributed by atoms with Gasteiger partial charge in [0.15, 0.2) is 5.78 Å². The average molecular weight is 268 g/mol. The van der Waals surface area contributed by atoms with E-state index in [1.54, 1.807) is 31.2 Å². The highest BCUT2D eigenvalue weighted by atomic mass is 16.5. The van der Waals surface area contributed by atoms with E-state index in [2.05, 4.69) is 0 Å². The lowest BCUT2D eigenvalue weighted by atomic mass is 9.87. The number of benzene rings is 1. The molecule has 2 aliphatic rings. The van der Waals surface area contributed by atoms with Crippen LogP contribution in [-0.2, 0) is 9.53 Å². The molecule has 3 heteroatoms. The Bertz CT molecular complexity index is 660. The maximum atomic E-state index is 12.4. The molecule has 1 aromatic rings. The Balaban J connectivity index is 2.03. The van der Waals surface area contributed by atoms with Gasteiger partial charge in [-0.3, -0.25) is 4.79 Å². The highest BCUT2D eigenvalue weighted by molar-refractivity contribution is 6.14. The van der Waals surface area contributed by atoms with E-state index in [9.17, 15) is 9.90 Å². The first-order valence-electron chi connectivity index (χ1n) is 6.65. The third kappa shape index (κ3) is 2.05. The zero-order chi connectivity index (χ0) is 14.3. The maximum absolute atomic E-state index is 12.4. The Hall–Kier alpha value is -2.29. The molecule has 1 N–H and O–H groups in total. The number of phenols is 1. The van der Waals surface area contributed by atoms with Gasteiger partial charge in [0.25, 0.3) is 0 Å². The predicted octanol–water partition coefficient (Wildman–Crippen LogP) is 3.37. The van der Waals surface area contributed by atoms with E-state index in [1.165, 1.54) is 5.57 Å². The third-order valence-corrected chi connectivity index (χ3v) is 3.73. The van der Waals surface area contributed by atoms with E-state index >= 15 is 0 Å². The summed E-state index contributed by atoms with van der Waals surface area (Å²) >= 11 is 0. The van der Waals surface area contributed by atoms with Crippen LogP contribution in [0.2, 0.25) is 0 Å². The van der Waals surface area contributed by atoms with E-state index in [1.807, 2.05) is 19.1 Å². The molecule has 20 heavy (non-hydrogen) atoms. The summed E-state index contributed by atoms with van der Waals surface area (Å²) in [6.45, 7) is 3.82. The van der Waals surface area contributed by atoms with Crippen molar-refractivity contribution in [3.8, 4) is 5.75 Å². The van der Waals surface area contributed by atoms with Gasteiger partial charge < -0.3 is 9.84 Å². The molecule has 3 nitrogen and oxygen atoms in total. The second-order valence-corrected chi connectivity index (χ2v) is 5.28. The molecule has 0 radical (unpaired) electrons. The van der Waals surface area contributed by atoms with Crippen molar-refractivity contribution < 1.29 is 14.6 Å². The largest absolute Gasteiger partial charge is 0.508 e. The number of fused-ring (bicyclic) bond motifs is 1. The minimum Gasteiger partial charge on any atom is -0.508 e. The van der Waals surface area contributed by atoms with Crippen LogP contribution < -0.4 is 0 Å². The van der Waals surface area contributed by atoms with Crippen LogP contribution in [0.1, 0.15) is 25.8 Å². The summed E-state index contributed by atoms with van der Waals surface area (Å²) in [7, 11) is 0. The van der Waals surface area contributed by atoms with Gasteiger partial charge in [0.05, 0.1) is 0 Å². The Morgan fingerprint density at radius 3 is 2.55 bits per heavy atom. The fraction of sp³-hybridized carbons (Fsp3) is 0.235. The number of phenolic OH excluding ortho intramolecular Hbond substituents is 1. The Labute approximate surface area is 117 Å². The molecule has 3 rings (SSSR count). The van der Waals surface area contributed by atoms with Crippen molar-refractivity contribution in [2.24, 2.45) is 0 Å². The van der Waals surface area contributed by atoms with Crippen LogP contribution in [0.4, 0.5) is 0 Å². The SMILES string of the molecule is CC1=CC=C2C(=O)C(C)=C(c3ccc(O)cc3)OC2C1. The maximum Gasteiger partial charge on any atom is 0.192 e. The van der Waals surface area contributed by atoms with Crippen molar-refractivity contribution in [1.29, 1.82) is 0 Å². The van der Waals surface area contributed by atoms with E-state index in [0.717, 1.165) is 17.6 Å². The number of ether oxygens (including phenoxy) is 1. The standard InChI is InChI=1S/C17H16O3/c1-10-3-8-14-15(9-10)20-17(11(2)16(14)19)12-4-6-13(18)7-5-12/h3-8,15,18H,9H2,1-2H3. The van der Waals surface area contributed by atoms with Crippen molar-refractivity contribution in [2.45, 2.75) is 26.4 Å². The number of ketones is 1. The second-order valence-electron chi connectivity index (χ2n) is 5.28. The molecule has 0 bridgehead atoms. The van der Waals surface area contributed by atoms with Crippen LogP contribution in [0.15, 0.2) is 53.1 Å². The van der Waals surface area contributed by atoms with E-state index in [0.29, 0.717) is 11.3 Å². The normalized spacial score (nSPS) is 21.9. The molecule has 1 unspecified atom stereocenters. The fourth-order valence-corrected chi connectivity index (χ4v) is 2.58. The fourth-order valence-electron chi connectivity index (χ4n) is 2.58. The van der Waals surface area contributed by atoms with Gasteiger partial charge in [0.2, 0.25) is 0 Å². The number of carbonyl (C=O) groups excluding carboxylic acids is 1. The molecule has 1 aromatic carbocycles. The Morgan fingerprint density at radius 2 is 1.85 bits per heavy atom. The van der Waals surface area contributed by atoms with Gasteiger partial charge in [-0.2, -0.15) is 0 Å². The van der Waals surface area contributed by atoms with E-state index in [4.69, 9.17) is 4.74 Å². The monoisotopic (exact) mass is 268 g/mol. The average Bonchev–Trinajstić information content (AvgIpc) is 2.44. The molecule has 0 amide bonds. The summed E-state index contributed by atoms with van der Waals surface area (Å²) in [4.78, 5) is 12.4. The van der Waals surface area contributed by atoms with Crippen LogP contribution in [0, 0.1) is 0 Å². The van der Waals surface area contributed by atoms with Gasteiger partial charge in [-0.05, 0) is 38.1 Å². The molecule has 0 fully saturated rings. The first-order valence-corrected chi connectivity index (χ1v) is 6.65. The Kier molecular flexibility index (Phi) is 2.97. The summed E-state index contributed by atoms with van der Waals surface area (Å²) in [5.41, 5.74) is 3.37. The zero-order valence-corrected chi connectivity index (χ0v) is 11.5. The Morgan fingerprint density at radius 1 is 1.15 bits per heavy atom. The number of aromatic hydroxyl groups is 1. The molecule has 1 atom stereocenters. The van der Waals surface area contributed by atoms with Crippen molar-refractivity contribution >= 4 is 11.5 Å². The first-order chi connectivity index (χ1) is 9.56. The van der Waals surface area contributed by atoms with Gasteiger partial charge in [0, 0.05) is 23.1 Å². The third-order valence-electron chi connectivity index (χ3n) is 3.73. The molecular weight excluding hydrogens is 252 g/mol. The van der Waals surface area contributed by atoms with Crippen LogP contribution in [0.3, 0.4) is 0 Å². The molecule has 0 aromatic heterocycles. The van der Waals surface area contributed by atoms with Crippen LogP contribution in [0.25, 0.3) is 5.76 Å². The molecule has 0 spiro atoms. The number of hydrogen-bond donors (Lipinski definition) is 1. The minimum atomic E-state index is -0.194. The van der Waals surface area contributed by atoms with Crippen LogP contribution in [0.5, 0.6) is 5.75 Å². The lowest BCUT2D eigenvalue weighted by Gasteiger charge is -2.31. The molecule has 1 heterocycles. The number of carbonyl (C=O) groups is 1. The first kappa shape index (κ1) is 12.7. The summed E-state index contributed by atoms with van der Waals surface area (Å²) < 4.78 is 6.04. The second kappa shape index (κ2) is 4.67. The van der Waals surface area contributed by atoms with Gasteiger partial charge in [-0.25, -0.2) is 0 Å². The van der Waals surface area contributed by atoms with Crippen LogP contribution in [-0.4, -0.2) is 17.0 Å². The van der Waals surface area contributed by atoms with Gasteiger partial charge in [-0.15, -0.1) is 0 Å². The number of rotatable bonds is 1. The molecule has 1 aliphatic heterocycles. The number of hydrogen-bond acceptors (Lipinski definition) is 3. The highest BCUT2D eigenvalue weighted by Gasteiger charge is 2.33. The summed E-state index contributed by atoms with van der Waals surface area (Å²) in [5.74, 6) is 0.867. The lowest BCUT2D eigenvalue weighted by molar-refractivity contribution is -0.114. The van der Waals surface area contributed by atoms with E-state index in [-0.39, 0.29) is 17.6 Å².